The molecule has 15 heavy (non-hydrogen) atoms. The molecule has 0 aliphatic rings. The third-order valence-corrected chi connectivity index (χ3v) is 2.35. The monoisotopic (exact) mass is 210 g/mol. The Morgan fingerprint density at radius 1 is 1.40 bits per heavy atom. The second-order valence-electron chi connectivity index (χ2n) is 3.57. The fraction of sp³-hybridized carbons (Fsp3) is 0.417. The highest BCUT2D eigenvalue weighted by Crippen LogP contribution is 2.13. The maximum absolute atomic E-state index is 13.4. The number of carboxylic acids is 1. The molecule has 82 valence electrons. The van der Waals surface area contributed by atoms with Crippen LogP contribution >= 0.6 is 0 Å². The molecule has 1 aromatic carbocycles. The molecule has 0 fully saturated rings. The lowest BCUT2D eigenvalue weighted by Crippen LogP contribution is -1.99. The molecule has 0 aliphatic heterocycles. The lowest BCUT2D eigenvalue weighted by molar-refractivity contribution is 0.0696. The number of hydrogen-bond donors (Lipinski definition) is 1. The molecule has 0 amide bonds. The van der Waals surface area contributed by atoms with Crippen molar-refractivity contribution >= 4 is 5.97 Å². The van der Waals surface area contributed by atoms with Gasteiger partial charge in [-0.25, -0.2) is 9.18 Å². The predicted octanol–water partition coefficient (Wildman–Crippen LogP) is 3.26. The first-order valence-electron chi connectivity index (χ1n) is 5.17. The van der Waals surface area contributed by atoms with Crippen molar-refractivity contribution in [2.75, 3.05) is 0 Å². The van der Waals surface area contributed by atoms with Crippen molar-refractivity contribution in [2.24, 2.45) is 0 Å². The highest BCUT2D eigenvalue weighted by atomic mass is 19.1. The molecule has 1 N–H and O–H groups in total. The largest absolute Gasteiger partial charge is 0.478 e. The van der Waals surface area contributed by atoms with E-state index in [4.69, 9.17) is 5.11 Å². The van der Waals surface area contributed by atoms with Crippen LogP contribution in [-0.2, 0) is 6.42 Å². The summed E-state index contributed by atoms with van der Waals surface area (Å²) in [6.45, 7) is 2.09. The van der Waals surface area contributed by atoms with Crippen molar-refractivity contribution in [3.63, 3.8) is 0 Å². The van der Waals surface area contributed by atoms with E-state index in [1.54, 1.807) is 6.07 Å². The first-order valence-corrected chi connectivity index (χ1v) is 5.17. The topological polar surface area (TPSA) is 37.3 Å². The maximum Gasteiger partial charge on any atom is 0.335 e. The Morgan fingerprint density at radius 3 is 2.67 bits per heavy atom. The first kappa shape index (κ1) is 11.7. The minimum atomic E-state index is -1.09. The summed E-state index contributed by atoms with van der Waals surface area (Å²) in [7, 11) is 0. The molecule has 0 unspecified atom stereocenters. The summed E-state index contributed by atoms with van der Waals surface area (Å²) in [5, 5.41) is 8.65. The van der Waals surface area contributed by atoms with Gasteiger partial charge >= 0.3 is 5.97 Å². The van der Waals surface area contributed by atoms with Gasteiger partial charge in [-0.1, -0.05) is 25.8 Å². The molecule has 3 heteroatoms. The van der Waals surface area contributed by atoms with Crippen LogP contribution in [0.15, 0.2) is 18.2 Å². The number of rotatable bonds is 5. The quantitative estimate of drug-likeness (QED) is 0.757. The SMILES string of the molecule is CCCCCc1ccc(C(=O)O)cc1F. The molecule has 0 aliphatic carbocycles. The molecule has 1 rings (SSSR count). The third-order valence-electron chi connectivity index (χ3n) is 2.35. The number of halogens is 1. The molecular weight excluding hydrogens is 195 g/mol. The molecule has 1 aromatic rings. The average Bonchev–Trinajstić information content (AvgIpc) is 2.20. The predicted molar refractivity (Wildman–Crippen MR) is 56.6 cm³/mol. The molecule has 0 atom stereocenters. The van der Waals surface area contributed by atoms with Crippen molar-refractivity contribution < 1.29 is 14.3 Å². The van der Waals surface area contributed by atoms with Crippen LogP contribution in [0.2, 0.25) is 0 Å². The maximum atomic E-state index is 13.4. The van der Waals surface area contributed by atoms with E-state index >= 15 is 0 Å². The van der Waals surface area contributed by atoms with Gasteiger partial charge < -0.3 is 5.11 Å². The molecule has 0 spiro atoms. The summed E-state index contributed by atoms with van der Waals surface area (Å²) in [5.41, 5.74) is 0.611. The van der Waals surface area contributed by atoms with Gasteiger partial charge in [0, 0.05) is 0 Å². The van der Waals surface area contributed by atoms with Crippen LogP contribution in [0, 0.1) is 5.82 Å². The van der Waals surface area contributed by atoms with Gasteiger partial charge in [-0.2, -0.15) is 0 Å². The zero-order valence-electron chi connectivity index (χ0n) is 8.79. The lowest BCUT2D eigenvalue weighted by atomic mass is 10.0. The first-order chi connectivity index (χ1) is 7.15. The van der Waals surface area contributed by atoms with Crippen LogP contribution in [-0.4, -0.2) is 11.1 Å². The van der Waals surface area contributed by atoms with E-state index in [0.717, 1.165) is 25.3 Å². The summed E-state index contributed by atoms with van der Waals surface area (Å²) < 4.78 is 13.4. The van der Waals surface area contributed by atoms with Crippen molar-refractivity contribution in [3.05, 3.63) is 35.1 Å². The fourth-order valence-electron chi connectivity index (χ4n) is 1.45. The van der Waals surface area contributed by atoms with Crippen LogP contribution < -0.4 is 0 Å². The van der Waals surface area contributed by atoms with Crippen LogP contribution in [0.4, 0.5) is 4.39 Å². The van der Waals surface area contributed by atoms with Crippen LogP contribution in [0.1, 0.15) is 42.1 Å². The Kier molecular flexibility index (Phi) is 4.28. The lowest BCUT2D eigenvalue weighted by Gasteiger charge is -2.03. The van der Waals surface area contributed by atoms with Gasteiger partial charge in [-0.15, -0.1) is 0 Å². The fourth-order valence-corrected chi connectivity index (χ4v) is 1.45. The van der Waals surface area contributed by atoms with E-state index in [1.165, 1.54) is 6.07 Å². The van der Waals surface area contributed by atoms with E-state index in [2.05, 4.69) is 6.92 Å². The minimum absolute atomic E-state index is 0.00624. The van der Waals surface area contributed by atoms with Crippen LogP contribution in [0.25, 0.3) is 0 Å². The molecular formula is C12H15FO2. The number of hydrogen-bond acceptors (Lipinski definition) is 1. The Balaban J connectivity index is 2.70. The van der Waals surface area contributed by atoms with Crippen LogP contribution in [0.3, 0.4) is 0 Å². The molecule has 0 saturated carbocycles. The van der Waals surface area contributed by atoms with E-state index in [1.807, 2.05) is 0 Å². The summed E-state index contributed by atoms with van der Waals surface area (Å²) in [5.74, 6) is -1.50. The van der Waals surface area contributed by atoms with Gasteiger partial charge in [-0.05, 0) is 30.5 Å². The second-order valence-corrected chi connectivity index (χ2v) is 3.57. The summed E-state index contributed by atoms with van der Waals surface area (Å²) in [6, 6.07) is 4.10. The van der Waals surface area contributed by atoms with Gasteiger partial charge in [-0.3, -0.25) is 0 Å². The number of benzene rings is 1. The van der Waals surface area contributed by atoms with Crippen molar-refractivity contribution in [1.29, 1.82) is 0 Å². The van der Waals surface area contributed by atoms with Gasteiger partial charge in [0.2, 0.25) is 0 Å². The zero-order valence-corrected chi connectivity index (χ0v) is 8.79. The molecule has 0 radical (unpaired) electrons. The Morgan fingerprint density at radius 2 is 2.13 bits per heavy atom. The van der Waals surface area contributed by atoms with Crippen molar-refractivity contribution in [2.45, 2.75) is 32.6 Å². The van der Waals surface area contributed by atoms with Gasteiger partial charge in [0.05, 0.1) is 5.56 Å². The highest BCUT2D eigenvalue weighted by molar-refractivity contribution is 5.87. The standard InChI is InChI=1S/C12H15FO2/c1-2-3-4-5-9-6-7-10(12(14)15)8-11(9)13/h6-8H,2-5H2,1H3,(H,14,15). The van der Waals surface area contributed by atoms with Gasteiger partial charge in [0.15, 0.2) is 0 Å². The Labute approximate surface area is 88.7 Å². The molecule has 2 nitrogen and oxygen atoms in total. The van der Waals surface area contributed by atoms with Crippen LogP contribution in [0.5, 0.6) is 0 Å². The minimum Gasteiger partial charge on any atom is -0.478 e. The number of aryl methyl sites for hydroxylation is 1. The van der Waals surface area contributed by atoms with Crippen molar-refractivity contribution in [3.8, 4) is 0 Å². The molecule has 0 heterocycles. The number of carboxylic acid groups (broad SMARTS) is 1. The average molecular weight is 210 g/mol. The van der Waals surface area contributed by atoms with E-state index in [0.29, 0.717) is 12.0 Å². The smallest absolute Gasteiger partial charge is 0.335 e. The Bertz CT molecular complexity index is 347. The van der Waals surface area contributed by atoms with Gasteiger partial charge in [0.1, 0.15) is 5.82 Å². The highest BCUT2D eigenvalue weighted by Gasteiger charge is 2.07. The number of carbonyl (C=O) groups is 1. The molecule has 0 saturated heterocycles. The number of aromatic carboxylic acids is 1. The van der Waals surface area contributed by atoms with Crippen molar-refractivity contribution in [1.82, 2.24) is 0 Å². The van der Waals surface area contributed by atoms with Gasteiger partial charge in [0.25, 0.3) is 0 Å². The van der Waals surface area contributed by atoms with E-state index in [9.17, 15) is 9.18 Å². The summed E-state index contributed by atoms with van der Waals surface area (Å²) in [6.07, 6.45) is 3.79. The third kappa shape index (κ3) is 3.35. The second kappa shape index (κ2) is 5.49. The normalized spacial score (nSPS) is 10.3. The summed E-state index contributed by atoms with van der Waals surface area (Å²) >= 11 is 0. The Hall–Kier alpha value is -1.38. The summed E-state index contributed by atoms with van der Waals surface area (Å²) in [4.78, 5) is 10.6. The van der Waals surface area contributed by atoms with E-state index in [-0.39, 0.29) is 5.56 Å². The van der Waals surface area contributed by atoms with E-state index < -0.39 is 11.8 Å². The zero-order chi connectivity index (χ0) is 11.3. The molecule has 0 bridgehead atoms. The molecule has 0 aromatic heterocycles. The number of unbranched alkanes of at least 4 members (excludes halogenated alkanes) is 2.